The molecule has 0 N–H and O–H groups in total. The highest BCUT2D eigenvalue weighted by molar-refractivity contribution is 5.71. The highest BCUT2D eigenvalue weighted by Gasteiger charge is 2.59. The maximum atomic E-state index is 12.2. The van der Waals surface area contributed by atoms with Crippen molar-refractivity contribution in [2.75, 3.05) is 0 Å². The zero-order chi connectivity index (χ0) is 24.0. The summed E-state index contributed by atoms with van der Waals surface area (Å²) in [5, 5.41) is 0. The van der Waals surface area contributed by atoms with Crippen LogP contribution in [-0.4, -0.2) is 12.1 Å². The predicted molar refractivity (Wildman–Crippen MR) is 138 cm³/mol. The van der Waals surface area contributed by atoms with E-state index >= 15 is 0 Å². The molecular weight excluding hydrogens is 404 g/mol. The Hall–Kier alpha value is -0.790. The molecule has 0 aromatic rings. The van der Waals surface area contributed by atoms with Crippen LogP contribution in [0.3, 0.4) is 0 Å². The second-order valence-electron chi connectivity index (χ2n) is 13.7. The Morgan fingerprint density at radius 1 is 1.00 bits per heavy atom. The molecule has 8 atom stereocenters. The Kier molecular flexibility index (Phi) is 7.43. The second kappa shape index (κ2) is 9.69. The van der Waals surface area contributed by atoms with Crippen molar-refractivity contribution in [2.24, 2.45) is 52.3 Å². The molecule has 4 aliphatic carbocycles. The molecule has 0 aromatic heterocycles. The van der Waals surface area contributed by atoms with Gasteiger partial charge in [-0.3, -0.25) is 4.79 Å². The van der Waals surface area contributed by atoms with Gasteiger partial charge < -0.3 is 4.74 Å². The number of hydrogen-bond acceptors (Lipinski definition) is 2. The minimum Gasteiger partial charge on any atom is -0.462 e. The summed E-state index contributed by atoms with van der Waals surface area (Å²) in [6.45, 7) is 16.5. The molecule has 0 aromatic carbocycles. The van der Waals surface area contributed by atoms with E-state index in [9.17, 15) is 4.79 Å². The summed E-state index contributed by atoms with van der Waals surface area (Å²) in [7, 11) is 0. The normalized spacial score (nSPS) is 41.2. The first-order chi connectivity index (χ1) is 15.6. The van der Waals surface area contributed by atoms with Gasteiger partial charge in [-0.05, 0) is 91.3 Å². The van der Waals surface area contributed by atoms with Gasteiger partial charge in [0.15, 0.2) is 0 Å². The first-order valence-corrected chi connectivity index (χ1v) is 14.5. The summed E-state index contributed by atoms with van der Waals surface area (Å²) in [5.41, 5.74) is 2.52. The van der Waals surface area contributed by atoms with E-state index in [0.717, 1.165) is 48.3 Å². The number of fused-ring (bicyclic) bond motifs is 5. The van der Waals surface area contributed by atoms with E-state index in [1.165, 1.54) is 57.8 Å². The van der Waals surface area contributed by atoms with Gasteiger partial charge in [0, 0.05) is 6.42 Å². The lowest BCUT2D eigenvalue weighted by atomic mass is 9.47. The molecule has 0 amide bonds. The van der Waals surface area contributed by atoms with Crippen LogP contribution in [0, 0.1) is 52.3 Å². The highest BCUT2D eigenvalue weighted by Crippen LogP contribution is 2.67. The molecule has 3 saturated carbocycles. The number of carbonyl (C=O) groups excluding carboxylic acids is 1. The van der Waals surface area contributed by atoms with Crippen LogP contribution in [0.1, 0.15) is 119 Å². The van der Waals surface area contributed by atoms with Gasteiger partial charge in [0.2, 0.25) is 0 Å². The summed E-state index contributed by atoms with van der Waals surface area (Å²) in [5.74, 6) is 5.24. The van der Waals surface area contributed by atoms with E-state index in [2.05, 4.69) is 40.7 Å². The Bertz CT molecular complexity index is 735. The summed E-state index contributed by atoms with van der Waals surface area (Å²) < 4.78 is 5.88. The number of rotatable bonds is 7. The molecule has 33 heavy (non-hydrogen) atoms. The van der Waals surface area contributed by atoms with Crippen molar-refractivity contribution >= 4 is 5.97 Å². The zero-order valence-corrected chi connectivity index (χ0v) is 22.8. The molecule has 0 radical (unpaired) electrons. The fourth-order valence-corrected chi connectivity index (χ4v) is 9.05. The molecule has 2 heteroatoms. The first-order valence-electron chi connectivity index (χ1n) is 14.5. The van der Waals surface area contributed by atoms with E-state index < -0.39 is 0 Å². The molecule has 0 unspecified atom stereocenters. The van der Waals surface area contributed by atoms with Crippen molar-refractivity contribution < 1.29 is 9.53 Å². The van der Waals surface area contributed by atoms with E-state index in [0.29, 0.717) is 10.8 Å². The van der Waals surface area contributed by atoms with Gasteiger partial charge in [0.1, 0.15) is 6.10 Å². The summed E-state index contributed by atoms with van der Waals surface area (Å²) >= 11 is 0. The number of hydrogen-bond donors (Lipinski definition) is 0. The highest BCUT2D eigenvalue weighted by atomic mass is 16.5. The number of allylic oxidation sites excluding steroid dienone is 1. The van der Waals surface area contributed by atoms with Crippen molar-refractivity contribution in [2.45, 2.75) is 125 Å². The van der Waals surface area contributed by atoms with Gasteiger partial charge in [-0.1, -0.05) is 79.4 Å². The molecule has 0 aliphatic heterocycles. The average molecular weight is 457 g/mol. The Balaban J connectivity index is 1.45. The minimum absolute atomic E-state index is 0.0224. The average Bonchev–Trinajstić information content (AvgIpc) is 3.11. The van der Waals surface area contributed by atoms with Gasteiger partial charge in [-0.2, -0.15) is 0 Å². The third-order valence-corrected chi connectivity index (χ3v) is 11.0. The summed E-state index contributed by atoms with van der Waals surface area (Å²) in [4.78, 5) is 12.2. The molecule has 4 rings (SSSR count). The quantitative estimate of drug-likeness (QED) is 0.283. The van der Waals surface area contributed by atoms with E-state index in [1.807, 2.05) is 13.8 Å². The SMILES string of the molecule is CC(C)CCC[C@H](C)[C@@H]1CC[C@@H]2[C@@H]3CC=C4C[C@H](OC(=O)C(C)C)CC[C@@]4(C)[C@@H]3CC[C@@]21C. The maximum absolute atomic E-state index is 12.2. The molecule has 188 valence electrons. The van der Waals surface area contributed by atoms with Crippen LogP contribution in [0.4, 0.5) is 0 Å². The van der Waals surface area contributed by atoms with Gasteiger partial charge >= 0.3 is 5.97 Å². The smallest absolute Gasteiger partial charge is 0.308 e. The molecule has 0 bridgehead atoms. The van der Waals surface area contributed by atoms with E-state index in [-0.39, 0.29) is 18.0 Å². The van der Waals surface area contributed by atoms with E-state index in [1.54, 1.807) is 5.57 Å². The Labute approximate surface area is 204 Å². The fraction of sp³-hybridized carbons (Fsp3) is 0.903. The lowest BCUT2D eigenvalue weighted by Gasteiger charge is -2.58. The molecule has 0 saturated heterocycles. The van der Waals surface area contributed by atoms with Crippen LogP contribution >= 0.6 is 0 Å². The largest absolute Gasteiger partial charge is 0.462 e. The number of carbonyl (C=O) groups is 1. The molecule has 0 spiro atoms. The number of ether oxygens (including phenoxy) is 1. The van der Waals surface area contributed by atoms with Crippen molar-refractivity contribution in [1.82, 2.24) is 0 Å². The van der Waals surface area contributed by atoms with Crippen LogP contribution < -0.4 is 0 Å². The van der Waals surface area contributed by atoms with Crippen molar-refractivity contribution in [1.29, 1.82) is 0 Å². The molecule has 4 aliphatic rings. The third kappa shape index (κ3) is 4.71. The fourth-order valence-electron chi connectivity index (χ4n) is 9.05. The van der Waals surface area contributed by atoms with Crippen LogP contribution in [0.2, 0.25) is 0 Å². The standard InChI is InChI=1S/C31H52O2/c1-20(2)9-8-10-22(5)26-13-14-27-25-12-11-23-19-24(33-29(32)21(3)4)15-17-30(23,6)28(25)16-18-31(26,27)7/h11,20-22,24-28H,8-10,12-19H2,1-7H3/t22-,24+,25-,26-,27+,28+,30+,31+/m0/s1. The van der Waals surface area contributed by atoms with Crippen molar-refractivity contribution in [3.63, 3.8) is 0 Å². The third-order valence-electron chi connectivity index (χ3n) is 11.0. The zero-order valence-electron chi connectivity index (χ0n) is 22.8. The van der Waals surface area contributed by atoms with Crippen LogP contribution in [0.5, 0.6) is 0 Å². The maximum Gasteiger partial charge on any atom is 0.308 e. The molecule has 2 nitrogen and oxygen atoms in total. The van der Waals surface area contributed by atoms with Crippen molar-refractivity contribution in [3.05, 3.63) is 11.6 Å². The molecule has 3 fully saturated rings. The van der Waals surface area contributed by atoms with Gasteiger partial charge in [0.05, 0.1) is 5.92 Å². The minimum atomic E-state index is -0.0258. The van der Waals surface area contributed by atoms with Gasteiger partial charge in [0.25, 0.3) is 0 Å². The molecule has 0 heterocycles. The Morgan fingerprint density at radius 3 is 2.45 bits per heavy atom. The Morgan fingerprint density at radius 2 is 1.76 bits per heavy atom. The monoisotopic (exact) mass is 456 g/mol. The van der Waals surface area contributed by atoms with Crippen LogP contribution in [0.15, 0.2) is 11.6 Å². The lowest BCUT2D eigenvalue weighted by Crippen LogP contribution is -2.51. The van der Waals surface area contributed by atoms with E-state index in [4.69, 9.17) is 4.74 Å². The van der Waals surface area contributed by atoms with Crippen LogP contribution in [0.25, 0.3) is 0 Å². The number of esters is 1. The first kappa shape index (κ1) is 25.3. The van der Waals surface area contributed by atoms with Crippen molar-refractivity contribution in [3.8, 4) is 0 Å². The van der Waals surface area contributed by atoms with Gasteiger partial charge in [-0.25, -0.2) is 0 Å². The predicted octanol–water partition coefficient (Wildman–Crippen LogP) is 8.60. The van der Waals surface area contributed by atoms with Crippen LogP contribution in [-0.2, 0) is 9.53 Å². The second-order valence-corrected chi connectivity index (χ2v) is 13.7. The lowest BCUT2D eigenvalue weighted by molar-refractivity contribution is -0.155. The van der Waals surface area contributed by atoms with Gasteiger partial charge in [-0.15, -0.1) is 0 Å². The summed E-state index contributed by atoms with van der Waals surface area (Å²) in [6.07, 6.45) is 17.2. The summed E-state index contributed by atoms with van der Waals surface area (Å²) in [6, 6.07) is 0. The molecular formula is C31H52O2. The topological polar surface area (TPSA) is 26.3 Å².